The summed E-state index contributed by atoms with van der Waals surface area (Å²) in [6.07, 6.45) is 2.51. The fourth-order valence-electron chi connectivity index (χ4n) is 3.73. The van der Waals surface area contributed by atoms with Gasteiger partial charge < -0.3 is 20.9 Å². The van der Waals surface area contributed by atoms with Crippen LogP contribution in [-0.4, -0.2) is 45.0 Å². The Balaban J connectivity index is 1.34. The first-order valence-electron chi connectivity index (χ1n) is 9.86. The van der Waals surface area contributed by atoms with E-state index in [0.29, 0.717) is 29.4 Å². The average Bonchev–Trinajstić information content (AvgIpc) is 3.41. The van der Waals surface area contributed by atoms with Gasteiger partial charge in [0.1, 0.15) is 5.82 Å². The summed E-state index contributed by atoms with van der Waals surface area (Å²) in [4.78, 5) is 31.4. The Morgan fingerprint density at radius 2 is 1.90 bits per heavy atom. The van der Waals surface area contributed by atoms with Gasteiger partial charge in [-0.1, -0.05) is 30.3 Å². The lowest BCUT2D eigenvalue weighted by molar-refractivity contribution is 0.0940. The predicted molar refractivity (Wildman–Crippen MR) is 116 cm³/mol. The van der Waals surface area contributed by atoms with Gasteiger partial charge in [-0.05, 0) is 30.7 Å². The number of amides is 1. The molecule has 2 aromatic carbocycles. The number of nitrogens with one attached hydrogen (secondary N) is 2. The van der Waals surface area contributed by atoms with E-state index < -0.39 is 0 Å². The molecule has 1 amide bonds. The molecule has 4 N–H and O–H groups in total. The molecule has 1 fully saturated rings. The van der Waals surface area contributed by atoms with E-state index >= 15 is 0 Å². The van der Waals surface area contributed by atoms with E-state index in [0.717, 1.165) is 29.8 Å². The van der Waals surface area contributed by atoms with Gasteiger partial charge in [-0.2, -0.15) is 0 Å². The smallest absolute Gasteiger partial charge is 0.251 e. The van der Waals surface area contributed by atoms with Crippen LogP contribution in [0.5, 0.6) is 0 Å². The maximum atomic E-state index is 12.4. The molecular formula is C22H21N7O. The van der Waals surface area contributed by atoms with Crippen molar-refractivity contribution in [1.29, 1.82) is 0 Å². The van der Waals surface area contributed by atoms with Crippen molar-refractivity contribution in [3.8, 4) is 11.5 Å². The van der Waals surface area contributed by atoms with Crippen LogP contribution in [-0.2, 0) is 0 Å². The Labute approximate surface area is 173 Å². The van der Waals surface area contributed by atoms with E-state index in [-0.39, 0.29) is 11.9 Å². The molecular weight excluding hydrogens is 378 g/mol. The summed E-state index contributed by atoms with van der Waals surface area (Å²) in [6, 6.07) is 17.1. The zero-order chi connectivity index (χ0) is 20.5. The predicted octanol–water partition coefficient (Wildman–Crippen LogP) is 2.61. The molecule has 1 aliphatic heterocycles. The topological polar surface area (TPSA) is 113 Å². The van der Waals surface area contributed by atoms with Gasteiger partial charge in [0.25, 0.3) is 5.91 Å². The third-order valence-electron chi connectivity index (χ3n) is 5.29. The van der Waals surface area contributed by atoms with Crippen molar-refractivity contribution in [2.24, 2.45) is 0 Å². The van der Waals surface area contributed by atoms with Crippen LogP contribution in [0.2, 0.25) is 0 Å². The lowest BCUT2D eigenvalue weighted by Crippen LogP contribution is -2.37. The number of carbonyl (C=O) groups is 1. The van der Waals surface area contributed by atoms with E-state index in [1.807, 2.05) is 54.6 Å². The number of nitrogens with zero attached hydrogens (tertiary/aromatic N) is 4. The number of fused-ring (bicyclic) bond motifs is 1. The number of carbonyl (C=O) groups excluding carboxylic acids is 1. The van der Waals surface area contributed by atoms with Gasteiger partial charge in [0.2, 0.25) is 0 Å². The van der Waals surface area contributed by atoms with Crippen LogP contribution in [0.1, 0.15) is 16.8 Å². The van der Waals surface area contributed by atoms with E-state index in [4.69, 9.17) is 10.7 Å². The number of hydrogen-bond donors (Lipinski definition) is 3. The van der Waals surface area contributed by atoms with Crippen molar-refractivity contribution < 1.29 is 4.79 Å². The van der Waals surface area contributed by atoms with Crippen molar-refractivity contribution in [2.45, 2.75) is 12.5 Å². The quantitative estimate of drug-likeness (QED) is 0.486. The largest absolute Gasteiger partial charge is 0.382 e. The molecule has 30 heavy (non-hydrogen) atoms. The van der Waals surface area contributed by atoms with Crippen molar-refractivity contribution in [3.63, 3.8) is 0 Å². The Kier molecular flexibility index (Phi) is 4.51. The SMILES string of the molecule is Nc1ncc(N2CC[C@H](NC(=O)c3ccccc3)C2)nc1-c1nc2ccccc2[nH]1. The molecule has 0 spiro atoms. The number of para-hydroxylation sites is 2. The van der Waals surface area contributed by atoms with Crippen molar-refractivity contribution in [2.75, 3.05) is 23.7 Å². The average molecular weight is 399 g/mol. The molecule has 4 aromatic rings. The molecule has 1 saturated heterocycles. The van der Waals surface area contributed by atoms with Crippen LogP contribution >= 0.6 is 0 Å². The Hall–Kier alpha value is -3.94. The van der Waals surface area contributed by atoms with E-state index in [2.05, 4.69) is 25.2 Å². The Bertz CT molecular complexity index is 1170. The lowest BCUT2D eigenvalue weighted by Gasteiger charge is -2.18. The van der Waals surface area contributed by atoms with Crippen molar-refractivity contribution in [1.82, 2.24) is 25.3 Å². The molecule has 0 radical (unpaired) electrons. The summed E-state index contributed by atoms with van der Waals surface area (Å²) < 4.78 is 0. The van der Waals surface area contributed by atoms with Crippen molar-refractivity contribution in [3.05, 3.63) is 66.4 Å². The highest BCUT2D eigenvalue weighted by atomic mass is 16.1. The number of benzene rings is 2. The number of H-pyrrole nitrogens is 1. The number of aromatic amines is 1. The zero-order valence-electron chi connectivity index (χ0n) is 16.2. The van der Waals surface area contributed by atoms with E-state index in [1.54, 1.807) is 6.20 Å². The normalized spacial score (nSPS) is 16.1. The highest BCUT2D eigenvalue weighted by Crippen LogP contribution is 2.26. The lowest BCUT2D eigenvalue weighted by atomic mass is 10.2. The number of nitrogens with two attached hydrogens (primary N) is 1. The van der Waals surface area contributed by atoms with Crippen LogP contribution in [0.4, 0.5) is 11.6 Å². The molecule has 0 saturated carbocycles. The van der Waals surface area contributed by atoms with E-state index in [9.17, 15) is 4.79 Å². The van der Waals surface area contributed by atoms with Crippen LogP contribution in [0, 0.1) is 0 Å². The van der Waals surface area contributed by atoms with Crippen LogP contribution in [0.15, 0.2) is 60.8 Å². The van der Waals surface area contributed by atoms with Gasteiger partial charge in [0.05, 0.1) is 17.2 Å². The molecule has 8 heteroatoms. The third kappa shape index (κ3) is 3.43. The number of hydrogen-bond acceptors (Lipinski definition) is 6. The fraction of sp³-hybridized carbons (Fsp3) is 0.182. The van der Waals surface area contributed by atoms with E-state index in [1.165, 1.54) is 0 Å². The highest BCUT2D eigenvalue weighted by Gasteiger charge is 2.26. The summed E-state index contributed by atoms with van der Waals surface area (Å²) in [7, 11) is 0. The summed E-state index contributed by atoms with van der Waals surface area (Å²) in [5, 5.41) is 3.10. The van der Waals surface area contributed by atoms with Gasteiger partial charge in [0, 0.05) is 24.7 Å². The number of rotatable bonds is 4. The minimum atomic E-state index is -0.0613. The Morgan fingerprint density at radius 3 is 2.73 bits per heavy atom. The number of nitrogen functional groups attached to an aromatic ring is 1. The maximum absolute atomic E-state index is 12.4. The van der Waals surface area contributed by atoms with Gasteiger partial charge in [-0.3, -0.25) is 4.79 Å². The molecule has 3 heterocycles. The van der Waals surface area contributed by atoms with Gasteiger partial charge in [-0.15, -0.1) is 0 Å². The molecule has 2 aromatic heterocycles. The first-order valence-corrected chi connectivity index (χ1v) is 9.86. The molecule has 8 nitrogen and oxygen atoms in total. The monoisotopic (exact) mass is 399 g/mol. The summed E-state index contributed by atoms with van der Waals surface area (Å²) >= 11 is 0. The first kappa shape index (κ1) is 18.1. The molecule has 150 valence electrons. The maximum Gasteiger partial charge on any atom is 0.251 e. The van der Waals surface area contributed by atoms with Gasteiger partial charge in [0.15, 0.2) is 17.3 Å². The highest BCUT2D eigenvalue weighted by molar-refractivity contribution is 5.94. The van der Waals surface area contributed by atoms with Gasteiger partial charge in [-0.25, -0.2) is 15.0 Å². The van der Waals surface area contributed by atoms with Crippen LogP contribution < -0.4 is 16.0 Å². The molecule has 5 rings (SSSR count). The summed E-state index contributed by atoms with van der Waals surface area (Å²) in [5.74, 6) is 1.58. The number of imidazole rings is 1. The summed E-state index contributed by atoms with van der Waals surface area (Å²) in [5.41, 5.74) is 9.05. The molecule has 1 atom stereocenters. The second-order valence-electron chi connectivity index (χ2n) is 7.34. The molecule has 0 aliphatic carbocycles. The first-order chi connectivity index (χ1) is 14.7. The minimum absolute atomic E-state index is 0.0479. The standard InChI is InChI=1S/C22H21N7O/c23-20-19(21-26-16-8-4-5-9-17(16)27-21)28-18(12-24-20)29-11-10-15(13-29)25-22(30)14-6-2-1-3-7-14/h1-9,12,15H,10-11,13H2,(H2,23,24)(H,25,30)(H,26,27)/t15-/m0/s1. The second kappa shape index (κ2) is 7.47. The fourth-order valence-corrected chi connectivity index (χ4v) is 3.73. The zero-order valence-corrected chi connectivity index (χ0v) is 16.2. The number of aromatic nitrogens is 4. The Morgan fingerprint density at radius 1 is 1.10 bits per heavy atom. The third-order valence-corrected chi connectivity index (χ3v) is 5.29. The van der Waals surface area contributed by atoms with Crippen molar-refractivity contribution >= 4 is 28.6 Å². The summed E-state index contributed by atoms with van der Waals surface area (Å²) in [6.45, 7) is 1.44. The second-order valence-corrected chi connectivity index (χ2v) is 7.34. The van der Waals surface area contributed by atoms with Crippen LogP contribution in [0.3, 0.4) is 0 Å². The molecule has 1 aliphatic rings. The minimum Gasteiger partial charge on any atom is -0.382 e. The van der Waals surface area contributed by atoms with Crippen LogP contribution in [0.25, 0.3) is 22.6 Å². The molecule has 0 bridgehead atoms. The molecule has 0 unspecified atom stereocenters. The van der Waals surface area contributed by atoms with Gasteiger partial charge >= 0.3 is 0 Å². The number of anilines is 2.